The van der Waals surface area contributed by atoms with Gasteiger partial charge < -0.3 is 15.0 Å². The number of hydrogen-bond acceptors (Lipinski definition) is 3. The predicted molar refractivity (Wildman–Crippen MR) is 88.8 cm³/mol. The van der Waals surface area contributed by atoms with E-state index in [0.29, 0.717) is 12.6 Å². The first-order chi connectivity index (χ1) is 10.4. The average molecular weight is 304 g/mol. The number of ether oxygens (including phenoxy) is 1. The molecule has 1 fully saturated rings. The third kappa shape index (κ3) is 4.47. The molecule has 0 spiro atoms. The molecule has 4 nitrogen and oxygen atoms in total. The molecule has 0 saturated carbocycles. The van der Waals surface area contributed by atoms with E-state index < -0.39 is 5.60 Å². The van der Waals surface area contributed by atoms with Gasteiger partial charge in [-0.25, -0.2) is 4.79 Å². The zero-order valence-corrected chi connectivity index (χ0v) is 14.1. The van der Waals surface area contributed by atoms with Crippen LogP contribution in [0.2, 0.25) is 0 Å². The number of carbonyl (C=O) groups is 1. The molecule has 1 heterocycles. The topological polar surface area (TPSA) is 41.6 Å². The van der Waals surface area contributed by atoms with Crippen LogP contribution in [0.3, 0.4) is 0 Å². The Morgan fingerprint density at radius 2 is 2.00 bits per heavy atom. The molecule has 4 heteroatoms. The molecule has 1 aromatic rings. The maximum absolute atomic E-state index is 12.4. The lowest BCUT2D eigenvalue weighted by molar-refractivity contribution is 0.0125. The van der Waals surface area contributed by atoms with Crippen LogP contribution in [0.25, 0.3) is 0 Å². The fourth-order valence-corrected chi connectivity index (χ4v) is 2.98. The number of benzene rings is 1. The zero-order valence-electron chi connectivity index (χ0n) is 14.1. The number of nitrogens with zero attached hydrogens (tertiary/aromatic N) is 1. The standard InChI is InChI=1S/C18H28N2O2/c1-5-20(17(21)22-18(2,3)4)15-11-12-19-16(13-15)14-9-7-6-8-10-14/h6-10,15-16,19H,5,11-13H2,1-4H3/t15-,16-/m0/s1. The summed E-state index contributed by atoms with van der Waals surface area (Å²) in [4.78, 5) is 14.3. The van der Waals surface area contributed by atoms with E-state index in [1.807, 2.05) is 38.7 Å². The molecule has 0 radical (unpaired) electrons. The summed E-state index contributed by atoms with van der Waals surface area (Å²) in [5.74, 6) is 0. The van der Waals surface area contributed by atoms with Crippen molar-refractivity contribution in [2.24, 2.45) is 0 Å². The summed E-state index contributed by atoms with van der Waals surface area (Å²) < 4.78 is 5.55. The molecule has 1 aliphatic rings. The number of piperidine rings is 1. The van der Waals surface area contributed by atoms with Crippen LogP contribution in [-0.2, 0) is 4.74 Å². The van der Waals surface area contributed by atoms with Crippen molar-refractivity contribution in [1.29, 1.82) is 0 Å². The van der Waals surface area contributed by atoms with E-state index in [4.69, 9.17) is 4.74 Å². The Hall–Kier alpha value is -1.55. The van der Waals surface area contributed by atoms with E-state index in [1.54, 1.807) is 0 Å². The Labute approximate surface area is 133 Å². The molecule has 1 saturated heterocycles. The lowest BCUT2D eigenvalue weighted by Crippen LogP contribution is -2.48. The summed E-state index contributed by atoms with van der Waals surface area (Å²) in [5.41, 5.74) is 0.837. The van der Waals surface area contributed by atoms with Gasteiger partial charge in [-0.2, -0.15) is 0 Å². The summed E-state index contributed by atoms with van der Waals surface area (Å²) in [6.45, 7) is 9.35. The fraction of sp³-hybridized carbons (Fsp3) is 0.611. The Kier molecular flexibility index (Phi) is 5.46. The predicted octanol–water partition coefficient (Wildman–Crippen LogP) is 3.74. The van der Waals surface area contributed by atoms with Crippen molar-refractivity contribution in [2.45, 2.75) is 58.2 Å². The van der Waals surface area contributed by atoms with Crippen LogP contribution in [0.4, 0.5) is 4.79 Å². The molecule has 0 unspecified atom stereocenters. The summed E-state index contributed by atoms with van der Waals surface area (Å²) in [6.07, 6.45) is 1.70. The number of hydrogen-bond donors (Lipinski definition) is 1. The highest BCUT2D eigenvalue weighted by atomic mass is 16.6. The molecule has 1 amide bonds. The van der Waals surface area contributed by atoms with Gasteiger partial charge in [0.2, 0.25) is 0 Å². The zero-order chi connectivity index (χ0) is 16.2. The molecule has 0 bridgehead atoms. The van der Waals surface area contributed by atoms with Gasteiger partial charge >= 0.3 is 6.09 Å². The van der Waals surface area contributed by atoms with Crippen molar-refractivity contribution < 1.29 is 9.53 Å². The summed E-state index contributed by atoms with van der Waals surface area (Å²) in [5, 5.41) is 3.55. The third-order valence-corrected chi connectivity index (χ3v) is 3.99. The van der Waals surface area contributed by atoms with Crippen molar-refractivity contribution >= 4 is 6.09 Å². The van der Waals surface area contributed by atoms with E-state index in [-0.39, 0.29) is 12.1 Å². The molecule has 1 aliphatic heterocycles. The van der Waals surface area contributed by atoms with Crippen molar-refractivity contribution in [3.05, 3.63) is 35.9 Å². The summed E-state index contributed by atoms with van der Waals surface area (Å²) in [6, 6.07) is 11.0. The van der Waals surface area contributed by atoms with Gasteiger partial charge in [-0.15, -0.1) is 0 Å². The molecule has 122 valence electrons. The Morgan fingerprint density at radius 3 is 2.59 bits per heavy atom. The molecule has 22 heavy (non-hydrogen) atoms. The van der Waals surface area contributed by atoms with E-state index in [2.05, 4.69) is 29.6 Å². The van der Waals surface area contributed by atoms with Gasteiger partial charge in [0.05, 0.1) is 0 Å². The van der Waals surface area contributed by atoms with E-state index in [9.17, 15) is 4.79 Å². The van der Waals surface area contributed by atoms with Crippen molar-refractivity contribution in [2.75, 3.05) is 13.1 Å². The van der Waals surface area contributed by atoms with Crippen LogP contribution < -0.4 is 5.32 Å². The van der Waals surface area contributed by atoms with Crippen LogP contribution in [0.1, 0.15) is 52.1 Å². The van der Waals surface area contributed by atoms with Gasteiger partial charge in [0.15, 0.2) is 0 Å². The number of nitrogens with one attached hydrogen (secondary N) is 1. The van der Waals surface area contributed by atoms with Gasteiger partial charge in [-0.05, 0) is 52.6 Å². The van der Waals surface area contributed by atoms with E-state index in [1.165, 1.54) is 5.56 Å². The fourth-order valence-electron chi connectivity index (χ4n) is 2.98. The minimum absolute atomic E-state index is 0.200. The summed E-state index contributed by atoms with van der Waals surface area (Å²) in [7, 11) is 0. The molecule has 0 aromatic heterocycles. The number of rotatable bonds is 3. The molecular formula is C18H28N2O2. The first kappa shape index (κ1) is 16.8. The summed E-state index contributed by atoms with van der Waals surface area (Å²) >= 11 is 0. The Morgan fingerprint density at radius 1 is 1.32 bits per heavy atom. The molecular weight excluding hydrogens is 276 g/mol. The average Bonchev–Trinajstić information content (AvgIpc) is 2.47. The lowest BCUT2D eigenvalue weighted by atomic mass is 9.93. The number of amides is 1. The monoisotopic (exact) mass is 304 g/mol. The van der Waals surface area contributed by atoms with E-state index in [0.717, 1.165) is 19.4 Å². The highest BCUT2D eigenvalue weighted by Crippen LogP contribution is 2.27. The lowest BCUT2D eigenvalue weighted by Gasteiger charge is -2.38. The Bertz CT molecular complexity index is 482. The molecule has 0 aliphatic carbocycles. The van der Waals surface area contributed by atoms with Gasteiger partial charge in [0.1, 0.15) is 5.60 Å². The van der Waals surface area contributed by atoms with Crippen molar-refractivity contribution in [3.63, 3.8) is 0 Å². The highest BCUT2D eigenvalue weighted by Gasteiger charge is 2.31. The first-order valence-electron chi connectivity index (χ1n) is 8.18. The molecule has 1 N–H and O–H groups in total. The van der Waals surface area contributed by atoms with Crippen LogP contribution in [0.15, 0.2) is 30.3 Å². The third-order valence-electron chi connectivity index (χ3n) is 3.99. The van der Waals surface area contributed by atoms with Crippen LogP contribution >= 0.6 is 0 Å². The second-order valence-corrected chi connectivity index (χ2v) is 6.86. The van der Waals surface area contributed by atoms with Crippen molar-refractivity contribution in [3.8, 4) is 0 Å². The molecule has 1 aromatic carbocycles. The van der Waals surface area contributed by atoms with Gasteiger partial charge in [-0.3, -0.25) is 0 Å². The normalized spacial score (nSPS) is 22.2. The van der Waals surface area contributed by atoms with Gasteiger partial charge in [0, 0.05) is 18.6 Å². The maximum Gasteiger partial charge on any atom is 0.410 e. The molecule has 2 rings (SSSR count). The highest BCUT2D eigenvalue weighted by molar-refractivity contribution is 5.68. The Balaban J connectivity index is 2.05. The van der Waals surface area contributed by atoms with Crippen LogP contribution in [0.5, 0.6) is 0 Å². The minimum atomic E-state index is -0.448. The quantitative estimate of drug-likeness (QED) is 0.925. The van der Waals surface area contributed by atoms with Gasteiger partial charge in [0.25, 0.3) is 0 Å². The number of carbonyl (C=O) groups excluding carboxylic acids is 1. The SMILES string of the molecule is CCN(C(=O)OC(C)(C)C)[C@H]1CCN[C@H](c2ccccc2)C1. The second kappa shape index (κ2) is 7.14. The minimum Gasteiger partial charge on any atom is -0.444 e. The maximum atomic E-state index is 12.4. The largest absolute Gasteiger partial charge is 0.444 e. The van der Waals surface area contributed by atoms with E-state index >= 15 is 0 Å². The smallest absolute Gasteiger partial charge is 0.410 e. The van der Waals surface area contributed by atoms with Crippen LogP contribution in [-0.4, -0.2) is 35.7 Å². The second-order valence-electron chi connectivity index (χ2n) is 6.86. The first-order valence-corrected chi connectivity index (χ1v) is 8.18. The molecule has 2 atom stereocenters. The van der Waals surface area contributed by atoms with Crippen molar-refractivity contribution in [1.82, 2.24) is 10.2 Å². The van der Waals surface area contributed by atoms with Crippen LogP contribution in [0, 0.1) is 0 Å². The van der Waals surface area contributed by atoms with Gasteiger partial charge in [-0.1, -0.05) is 30.3 Å².